The van der Waals surface area contributed by atoms with Gasteiger partial charge in [0.05, 0.1) is 13.5 Å². The molecule has 72 valence electrons. The van der Waals surface area contributed by atoms with E-state index in [0.29, 0.717) is 13.0 Å². The highest BCUT2D eigenvalue weighted by Crippen LogP contribution is 2.23. The van der Waals surface area contributed by atoms with Gasteiger partial charge in [0.2, 0.25) is 0 Å². The SMILES string of the molecule is COC(=O)CC(CN)c1cccs1. The molecule has 0 radical (unpaired) electrons. The summed E-state index contributed by atoms with van der Waals surface area (Å²) in [4.78, 5) is 12.1. The van der Waals surface area contributed by atoms with Crippen molar-refractivity contribution in [3.8, 4) is 0 Å². The van der Waals surface area contributed by atoms with Crippen LogP contribution in [0.2, 0.25) is 0 Å². The fourth-order valence-corrected chi connectivity index (χ4v) is 1.95. The Morgan fingerprint density at radius 1 is 1.77 bits per heavy atom. The largest absolute Gasteiger partial charge is 0.469 e. The maximum Gasteiger partial charge on any atom is 0.306 e. The highest BCUT2D eigenvalue weighted by atomic mass is 32.1. The number of carbonyl (C=O) groups excluding carboxylic acids is 1. The molecule has 0 spiro atoms. The molecule has 1 aromatic rings. The van der Waals surface area contributed by atoms with Gasteiger partial charge in [0.25, 0.3) is 0 Å². The van der Waals surface area contributed by atoms with Crippen molar-refractivity contribution in [3.63, 3.8) is 0 Å². The van der Waals surface area contributed by atoms with E-state index in [1.165, 1.54) is 7.11 Å². The van der Waals surface area contributed by atoms with Gasteiger partial charge in [-0.15, -0.1) is 11.3 Å². The molecule has 1 unspecified atom stereocenters. The Kier molecular flexibility index (Phi) is 3.92. The van der Waals surface area contributed by atoms with Crippen molar-refractivity contribution in [3.05, 3.63) is 22.4 Å². The molecule has 1 rings (SSSR count). The average molecular weight is 199 g/mol. The second kappa shape index (κ2) is 4.99. The molecular formula is C9H13NO2S. The second-order valence-electron chi connectivity index (χ2n) is 2.73. The number of nitrogens with two attached hydrogens (primary N) is 1. The molecule has 0 amide bonds. The van der Waals surface area contributed by atoms with Gasteiger partial charge >= 0.3 is 5.97 Å². The summed E-state index contributed by atoms with van der Waals surface area (Å²) in [6.07, 6.45) is 0.369. The maximum absolute atomic E-state index is 11.0. The summed E-state index contributed by atoms with van der Waals surface area (Å²) < 4.78 is 4.59. The Bertz CT molecular complexity index is 259. The molecule has 0 fully saturated rings. The second-order valence-corrected chi connectivity index (χ2v) is 3.71. The van der Waals surface area contributed by atoms with Gasteiger partial charge in [-0.2, -0.15) is 0 Å². The lowest BCUT2D eigenvalue weighted by atomic mass is 10.0. The number of thiophene rings is 1. The Labute approximate surface area is 81.5 Å². The van der Waals surface area contributed by atoms with Crippen LogP contribution < -0.4 is 5.73 Å². The Balaban J connectivity index is 2.58. The molecule has 1 aromatic heterocycles. The van der Waals surface area contributed by atoms with Gasteiger partial charge in [0.1, 0.15) is 0 Å². The number of ether oxygens (including phenoxy) is 1. The first-order valence-electron chi connectivity index (χ1n) is 4.08. The van der Waals surface area contributed by atoms with E-state index in [2.05, 4.69) is 4.74 Å². The summed E-state index contributed by atoms with van der Waals surface area (Å²) in [5, 5.41) is 1.98. The van der Waals surface area contributed by atoms with Crippen molar-refractivity contribution < 1.29 is 9.53 Å². The molecule has 0 aromatic carbocycles. The van der Waals surface area contributed by atoms with E-state index in [-0.39, 0.29) is 11.9 Å². The lowest BCUT2D eigenvalue weighted by Crippen LogP contribution is -2.16. The zero-order chi connectivity index (χ0) is 9.68. The van der Waals surface area contributed by atoms with E-state index >= 15 is 0 Å². The van der Waals surface area contributed by atoms with Gasteiger partial charge in [-0.25, -0.2) is 0 Å². The minimum atomic E-state index is -0.205. The predicted molar refractivity (Wildman–Crippen MR) is 52.7 cm³/mol. The molecule has 0 saturated heterocycles. The van der Waals surface area contributed by atoms with Crippen molar-refractivity contribution >= 4 is 17.3 Å². The van der Waals surface area contributed by atoms with Crippen LogP contribution in [0, 0.1) is 0 Å². The number of rotatable bonds is 4. The third-order valence-corrected chi connectivity index (χ3v) is 2.91. The highest BCUT2D eigenvalue weighted by molar-refractivity contribution is 7.10. The van der Waals surface area contributed by atoms with Crippen molar-refractivity contribution in [1.82, 2.24) is 0 Å². The molecule has 1 atom stereocenters. The third kappa shape index (κ3) is 2.82. The summed E-state index contributed by atoms with van der Waals surface area (Å²) in [6.45, 7) is 0.482. The average Bonchev–Trinajstić information content (AvgIpc) is 2.66. The lowest BCUT2D eigenvalue weighted by Gasteiger charge is -2.10. The van der Waals surface area contributed by atoms with Gasteiger partial charge in [-0.1, -0.05) is 6.07 Å². The van der Waals surface area contributed by atoms with Gasteiger partial charge in [0, 0.05) is 17.3 Å². The Morgan fingerprint density at radius 3 is 3.00 bits per heavy atom. The zero-order valence-electron chi connectivity index (χ0n) is 7.53. The Hall–Kier alpha value is -0.870. The van der Waals surface area contributed by atoms with E-state index in [9.17, 15) is 4.79 Å². The van der Waals surface area contributed by atoms with Gasteiger partial charge in [-0.3, -0.25) is 4.79 Å². The van der Waals surface area contributed by atoms with Crippen LogP contribution in [0.4, 0.5) is 0 Å². The maximum atomic E-state index is 11.0. The zero-order valence-corrected chi connectivity index (χ0v) is 8.34. The summed E-state index contributed by atoms with van der Waals surface area (Å²) in [5.74, 6) is -0.101. The first kappa shape index (κ1) is 10.2. The van der Waals surface area contributed by atoms with E-state index in [0.717, 1.165) is 4.88 Å². The smallest absolute Gasteiger partial charge is 0.306 e. The minimum Gasteiger partial charge on any atom is -0.469 e. The van der Waals surface area contributed by atoms with Crippen LogP contribution in [0.15, 0.2) is 17.5 Å². The van der Waals surface area contributed by atoms with Crippen LogP contribution in [0.3, 0.4) is 0 Å². The third-order valence-electron chi connectivity index (χ3n) is 1.87. The van der Waals surface area contributed by atoms with Crippen LogP contribution in [0.1, 0.15) is 17.2 Å². The topological polar surface area (TPSA) is 52.3 Å². The monoisotopic (exact) mass is 199 g/mol. The van der Waals surface area contributed by atoms with E-state index < -0.39 is 0 Å². The lowest BCUT2D eigenvalue weighted by molar-refractivity contribution is -0.141. The Morgan fingerprint density at radius 2 is 2.54 bits per heavy atom. The summed E-state index contributed by atoms with van der Waals surface area (Å²) in [5.41, 5.74) is 5.57. The fraction of sp³-hybridized carbons (Fsp3) is 0.444. The normalized spacial score (nSPS) is 12.5. The highest BCUT2D eigenvalue weighted by Gasteiger charge is 2.15. The molecule has 1 heterocycles. The first-order chi connectivity index (χ1) is 6.27. The first-order valence-corrected chi connectivity index (χ1v) is 4.96. The van der Waals surface area contributed by atoms with Gasteiger partial charge in [0.15, 0.2) is 0 Å². The molecule has 3 nitrogen and oxygen atoms in total. The number of methoxy groups -OCH3 is 1. The van der Waals surface area contributed by atoms with E-state index in [1.807, 2.05) is 17.5 Å². The van der Waals surface area contributed by atoms with Crippen LogP contribution in [0.5, 0.6) is 0 Å². The van der Waals surface area contributed by atoms with Gasteiger partial charge in [-0.05, 0) is 11.4 Å². The van der Waals surface area contributed by atoms with Crippen molar-refractivity contribution in [1.29, 1.82) is 0 Å². The molecule has 13 heavy (non-hydrogen) atoms. The molecule has 0 saturated carbocycles. The van der Waals surface area contributed by atoms with E-state index in [1.54, 1.807) is 11.3 Å². The predicted octanol–water partition coefficient (Wildman–Crippen LogP) is 1.35. The summed E-state index contributed by atoms with van der Waals surface area (Å²) in [6, 6.07) is 3.95. The minimum absolute atomic E-state index is 0.104. The molecule has 0 bridgehead atoms. The summed E-state index contributed by atoms with van der Waals surface area (Å²) >= 11 is 1.62. The molecule has 0 aliphatic rings. The standard InChI is InChI=1S/C9H13NO2S/c1-12-9(11)5-7(6-10)8-3-2-4-13-8/h2-4,7H,5-6,10H2,1H3. The van der Waals surface area contributed by atoms with Crippen LogP contribution in [0.25, 0.3) is 0 Å². The number of carbonyl (C=O) groups is 1. The van der Waals surface area contributed by atoms with Crippen molar-refractivity contribution in [2.75, 3.05) is 13.7 Å². The quantitative estimate of drug-likeness (QED) is 0.745. The molecule has 0 aliphatic heterocycles. The van der Waals surface area contributed by atoms with Crippen LogP contribution >= 0.6 is 11.3 Å². The fourth-order valence-electron chi connectivity index (χ4n) is 1.11. The van der Waals surface area contributed by atoms with Crippen LogP contribution in [-0.2, 0) is 9.53 Å². The molecule has 4 heteroatoms. The van der Waals surface area contributed by atoms with Crippen molar-refractivity contribution in [2.45, 2.75) is 12.3 Å². The molecule has 0 aliphatic carbocycles. The number of hydrogen-bond donors (Lipinski definition) is 1. The van der Waals surface area contributed by atoms with Crippen molar-refractivity contribution in [2.24, 2.45) is 5.73 Å². The van der Waals surface area contributed by atoms with Gasteiger partial charge < -0.3 is 10.5 Å². The molecule has 2 N–H and O–H groups in total. The summed E-state index contributed by atoms with van der Waals surface area (Å²) in [7, 11) is 1.39. The van der Waals surface area contributed by atoms with E-state index in [4.69, 9.17) is 5.73 Å². The van der Waals surface area contributed by atoms with Crippen LogP contribution in [-0.4, -0.2) is 19.6 Å². The number of esters is 1. The number of hydrogen-bond acceptors (Lipinski definition) is 4. The molecular weight excluding hydrogens is 186 g/mol.